The van der Waals surface area contributed by atoms with Gasteiger partial charge in [-0.15, -0.1) is 12.3 Å². The van der Waals surface area contributed by atoms with Crippen molar-refractivity contribution in [3.05, 3.63) is 17.7 Å². The summed E-state index contributed by atoms with van der Waals surface area (Å²) in [4.78, 5) is 0. The summed E-state index contributed by atoms with van der Waals surface area (Å²) < 4.78 is 15.6. The molecule has 4 heteroatoms. The SMILES string of the molecule is C#CCCC(O)c1cc(OC)c(OC)c(OC)c1. The number of aliphatic hydroxyl groups excluding tert-OH is 1. The van der Waals surface area contributed by atoms with Crippen molar-refractivity contribution in [1.29, 1.82) is 0 Å². The van der Waals surface area contributed by atoms with Crippen LogP contribution in [0.15, 0.2) is 12.1 Å². The Morgan fingerprint density at radius 3 is 2.11 bits per heavy atom. The molecular formula is C14H18O4. The second kappa shape index (κ2) is 6.77. The Bertz CT molecular complexity index is 409. The van der Waals surface area contributed by atoms with E-state index >= 15 is 0 Å². The van der Waals surface area contributed by atoms with Gasteiger partial charge in [0.25, 0.3) is 0 Å². The van der Waals surface area contributed by atoms with E-state index in [1.165, 1.54) is 21.3 Å². The predicted octanol–water partition coefficient (Wildman–Crippen LogP) is 2.16. The molecule has 1 rings (SSSR count). The number of ether oxygens (including phenoxy) is 3. The molecule has 1 unspecified atom stereocenters. The summed E-state index contributed by atoms with van der Waals surface area (Å²) in [6.07, 6.45) is 5.55. The van der Waals surface area contributed by atoms with Gasteiger partial charge in [-0.05, 0) is 24.1 Å². The lowest BCUT2D eigenvalue weighted by Gasteiger charge is -2.16. The van der Waals surface area contributed by atoms with E-state index in [0.29, 0.717) is 35.7 Å². The highest BCUT2D eigenvalue weighted by molar-refractivity contribution is 5.54. The second-order valence-corrected chi connectivity index (χ2v) is 3.72. The Balaban J connectivity index is 3.11. The lowest BCUT2D eigenvalue weighted by atomic mass is 10.0. The maximum absolute atomic E-state index is 10.0. The third-order valence-electron chi connectivity index (χ3n) is 2.63. The molecular weight excluding hydrogens is 232 g/mol. The van der Waals surface area contributed by atoms with Crippen LogP contribution < -0.4 is 14.2 Å². The number of hydrogen-bond acceptors (Lipinski definition) is 4. The Morgan fingerprint density at radius 1 is 1.17 bits per heavy atom. The molecule has 0 aliphatic carbocycles. The van der Waals surface area contributed by atoms with Gasteiger partial charge in [0.15, 0.2) is 11.5 Å². The molecule has 0 radical (unpaired) electrons. The van der Waals surface area contributed by atoms with Crippen LogP contribution in [0.5, 0.6) is 17.2 Å². The summed E-state index contributed by atoms with van der Waals surface area (Å²) in [5, 5.41) is 10.0. The van der Waals surface area contributed by atoms with Crippen LogP contribution in [0.4, 0.5) is 0 Å². The molecule has 0 spiro atoms. The number of benzene rings is 1. The summed E-state index contributed by atoms with van der Waals surface area (Å²) in [6.45, 7) is 0. The zero-order valence-corrected chi connectivity index (χ0v) is 10.9. The molecule has 4 nitrogen and oxygen atoms in total. The summed E-state index contributed by atoms with van der Waals surface area (Å²) in [6, 6.07) is 3.45. The Hall–Kier alpha value is -1.86. The van der Waals surface area contributed by atoms with E-state index in [0.717, 1.165) is 0 Å². The van der Waals surface area contributed by atoms with Crippen molar-refractivity contribution in [3.63, 3.8) is 0 Å². The second-order valence-electron chi connectivity index (χ2n) is 3.72. The zero-order chi connectivity index (χ0) is 13.5. The molecule has 0 aliphatic rings. The Morgan fingerprint density at radius 2 is 1.72 bits per heavy atom. The van der Waals surface area contributed by atoms with E-state index in [-0.39, 0.29) is 0 Å². The molecule has 0 aromatic heterocycles. The molecule has 98 valence electrons. The van der Waals surface area contributed by atoms with Crippen LogP contribution in [0.1, 0.15) is 24.5 Å². The van der Waals surface area contributed by atoms with Crippen molar-refractivity contribution in [1.82, 2.24) is 0 Å². The van der Waals surface area contributed by atoms with Crippen LogP contribution in [-0.4, -0.2) is 26.4 Å². The molecule has 0 amide bonds. The van der Waals surface area contributed by atoms with Gasteiger partial charge in [0.1, 0.15) is 0 Å². The Labute approximate surface area is 107 Å². The van der Waals surface area contributed by atoms with Crippen LogP contribution in [0.3, 0.4) is 0 Å². The molecule has 1 aromatic carbocycles. The van der Waals surface area contributed by atoms with E-state index in [9.17, 15) is 5.11 Å². The first-order valence-corrected chi connectivity index (χ1v) is 5.59. The highest BCUT2D eigenvalue weighted by Gasteiger charge is 2.16. The average molecular weight is 250 g/mol. The normalized spacial score (nSPS) is 11.5. The lowest BCUT2D eigenvalue weighted by molar-refractivity contribution is 0.168. The largest absolute Gasteiger partial charge is 0.493 e. The minimum atomic E-state index is -0.644. The molecule has 0 bridgehead atoms. The number of methoxy groups -OCH3 is 3. The van der Waals surface area contributed by atoms with E-state index in [1.807, 2.05) is 0 Å². The zero-order valence-electron chi connectivity index (χ0n) is 10.9. The monoisotopic (exact) mass is 250 g/mol. The van der Waals surface area contributed by atoms with E-state index in [2.05, 4.69) is 5.92 Å². The van der Waals surface area contributed by atoms with Crippen molar-refractivity contribution in [3.8, 4) is 29.6 Å². The molecule has 1 N–H and O–H groups in total. The van der Waals surface area contributed by atoms with Crippen LogP contribution in [0.25, 0.3) is 0 Å². The van der Waals surface area contributed by atoms with Crippen molar-refractivity contribution in [2.45, 2.75) is 18.9 Å². The summed E-state index contributed by atoms with van der Waals surface area (Å²) >= 11 is 0. The van der Waals surface area contributed by atoms with Gasteiger partial charge in [0.05, 0.1) is 27.4 Å². The predicted molar refractivity (Wildman–Crippen MR) is 69.1 cm³/mol. The minimum Gasteiger partial charge on any atom is -0.493 e. The molecule has 0 fully saturated rings. The molecule has 18 heavy (non-hydrogen) atoms. The summed E-state index contributed by atoms with van der Waals surface area (Å²) in [5.74, 6) is 4.05. The van der Waals surface area contributed by atoms with E-state index in [1.54, 1.807) is 12.1 Å². The minimum absolute atomic E-state index is 0.495. The van der Waals surface area contributed by atoms with Crippen LogP contribution in [-0.2, 0) is 0 Å². The molecule has 0 aliphatic heterocycles. The maximum Gasteiger partial charge on any atom is 0.203 e. The lowest BCUT2D eigenvalue weighted by Crippen LogP contribution is -2.01. The van der Waals surface area contributed by atoms with Gasteiger partial charge in [0, 0.05) is 6.42 Å². The van der Waals surface area contributed by atoms with Crippen LogP contribution in [0.2, 0.25) is 0 Å². The third kappa shape index (κ3) is 3.08. The van der Waals surface area contributed by atoms with Gasteiger partial charge in [-0.2, -0.15) is 0 Å². The van der Waals surface area contributed by atoms with E-state index in [4.69, 9.17) is 20.6 Å². The smallest absolute Gasteiger partial charge is 0.203 e. The third-order valence-corrected chi connectivity index (χ3v) is 2.63. The summed E-state index contributed by atoms with van der Waals surface area (Å²) in [7, 11) is 4.61. The molecule has 0 heterocycles. The number of terminal acetylenes is 1. The molecule has 1 atom stereocenters. The number of rotatable bonds is 6. The fourth-order valence-corrected chi connectivity index (χ4v) is 1.68. The first-order chi connectivity index (χ1) is 8.67. The Kier molecular flexibility index (Phi) is 5.34. The van der Waals surface area contributed by atoms with Crippen molar-refractivity contribution in [2.75, 3.05) is 21.3 Å². The quantitative estimate of drug-likeness (QED) is 0.786. The van der Waals surface area contributed by atoms with Gasteiger partial charge >= 0.3 is 0 Å². The van der Waals surface area contributed by atoms with Crippen molar-refractivity contribution < 1.29 is 19.3 Å². The average Bonchev–Trinajstić information content (AvgIpc) is 2.42. The van der Waals surface area contributed by atoms with Gasteiger partial charge < -0.3 is 19.3 Å². The highest BCUT2D eigenvalue weighted by Crippen LogP contribution is 2.40. The van der Waals surface area contributed by atoms with Gasteiger partial charge in [-0.3, -0.25) is 0 Å². The summed E-state index contributed by atoms with van der Waals surface area (Å²) in [5.41, 5.74) is 0.694. The van der Waals surface area contributed by atoms with Gasteiger partial charge in [-0.1, -0.05) is 0 Å². The first-order valence-electron chi connectivity index (χ1n) is 5.59. The van der Waals surface area contributed by atoms with Crippen molar-refractivity contribution >= 4 is 0 Å². The fourth-order valence-electron chi connectivity index (χ4n) is 1.68. The first kappa shape index (κ1) is 14.2. The van der Waals surface area contributed by atoms with Gasteiger partial charge in [0.2, 0.25) is 5.75 Å². The number of aliphatic hydroxyl groups is 1. The maximum atomic E-state index is 10.0. The van der Waals surface area contributed by atoms with Crippen LogP contribution in [0, 0.1) is 12.3 Å². The number of hydrogen-bond donors (Lipinski definition) is 1. The van der Waals surface area contributed by atoms with Crippen molar-refractivity contribution in [2.24, 2.45) is 0 Å². The van der Waals surface area contributed by atoms with Gasteiger partial charge in [-0.25, -0.2) is 0 Å². The topological polar surface area (TPSA) is 47.9 Å². The van der Waals surface area contributed by atoms with Crippen LogP contribution >= 0.6 is 0 Å². The molecule has 0 saturated carbocycles. The standard InChI is InChI=1S/C14H18O4/c1-5-6-7-11(15)10-8-12(16-2)14(18-4)13(9-10)17-3/h1,8-9,11,15H,6-7H2,2-4H3. The molecule has 1 aromatic rings. The van der Waals surface area contributed by atoms with E-state index < -0.39 is 6.10 Å². The fraction of sp³-hybridized carbons (Fsp3) is 0.429. The molecule has 0 saturated heterocycles. The highest BCUT2D eigenvalue weighted by atomic mass is 16.5.